The van der Waals surface area contributed by atoms with E-state index in [2.05, 4.69) is 15.4 Å². The summed E-state index contributed by atoms with van der Waals surface area (Å²) in [6.07, 6.45) is 0.341. The molecule has 0 aliphatic carbocycles. The minimum absolute atomic E-state index is 0.0327. The molecular formula is C11H21N5O2. The lowest BCUT2D eigenvalue weighted by atomic mass is 9.74. The van der Waals surface area contributed by atoms with Crippen LogP contribution >= 0.6 is 0 Å². The van der Waals surface area contributed by atoms with Crippen molar-refractivity contribution in [1.82, 2.24) is 20.2 Å². The van der Waals surface area contributed by atoms with Crippen LogP contribution in [0, 0.1) is 11.3 Å². The van der Waals surface area contributed by atoms with Crippen LogP contribution in [0.1, 0.15) is 26.6 Å². The highest BCUT2D eigenvalue weighted by Gasteiger charge is 2.43. The summed E-state index contributed by atoms with van der Waals surface area (Å²) in [6, 6.07) is 0. The number of nitrogens with zero attached hydrogens (tertiary/aromatic N) is 4. The SMILES string of the molecule is CCOC(=O)C(CN)(Cc1nnn(C)n1)C(C)C. The Hall–Kier alpha value is -1.50. The molecule has 0 fully saturated rings. The molecule has 0 radical (unpaired) electrons. The van der Waals surface area contributed by atoms with Crippen molar-refractivity contribution in [2.24, 2.45) is 24.1 Å². The zero-order valence-electron chi connectivity index (χ0n) is 11.4. The fourth-order valence-electron chi connectivity index (χ4n) is 1.85. The molecule has 0 saturated heterocycles. The normalized spacial score (nSPS) is 14.6. The van der Waals surface area contributed by atoms with Gasteiger partial charge in [-0.15, -0.1) is 10.2 Å². The molecule has 2 N–H and O–H groups in total. The maximum atomic E-state index is 12.2. The molecule has 1 aromatic heterocycles. The molecule has 1 unspecified atom stereocenters. The Morgan fingerprint density at radius 2 is 2.22 bits per heavy atom. The standard InChI is InChI=1S/C11H21N5O2/c1-5-18-10(17)11(7-12,8(2)3)6-9-13-15-16(4)14-9/h8H,5-7,12H2,1-4H3. The Labute approximate surface area is 107 Å². The molecule has 0 aliphatic rings. The molecule has 7 nitrogen and oxygen atoms in total. The summed E-state index contributed by atoms with van der Waals surface area (Å²) < 4.78 is 5.14. The third-order valence-corrected chi connectivity index (χ3v) is 3.17. The van der Waals surface area contributed by atoms with Crippen LogP contribution in [0.4, 0.5) is 0 Å². The fraction of sp³-hybridized carbons (Fsp3) is 0.818. The van der Waals surface area contributed by atoms with Crippen molar-refractivity contribution in [2.75, 3.05) is 13.2 Å². The van der Waals surface area contributed by atoms with Gasteiger partial charge in [0.1, 0.15) is 0 Å². The van der Waals surface area contributed by atoms with Gasteiger partial charge in [-0.3, -0.25) is 4.79 Å². The molecule has 7 heteroatoms. The Morgan fingerprint density at radius 3 is 2.61 bits per heavy atom. The summed E-state index contributed by atoms with van der Waals surface area (Å²) in [7, 11) is 1.68. The summed E-state index contributed by atoms with van der Waals surface area (Å²) in [5, 5.41) is 11.8. The molecule has 0 saturated carbocycles. The van der Waals surface area contributed by atoms with Crippen LogP contribution in [-0.4, -0.2) is 39.3 Å². The van der Waals surface area contributed by atoms with Gasteiger partial charge in [-0.2, -0.15) is 4.80 Å². The molecule has 1 rings (SSSR count). The number of esters is 1. The van der Waals surface area contributed by atoms with E-state index in [1.54, 1.807) is 14.0 Å². The third kappa shape index (κ3) is 2.84. The number of carbonyl (C=O) groups is 1. The van der Waals surface area contributed by atoms with Crippen LogP contribution in [0.2, 0.25) is 0 Å². The number of nitrogens with two attached hydrogens (primary N) is 1. The molecule has 0 aromatic carbocycles. The molecule has 0 aliphatic heterocycles. The predicted octanol–water partition coefficient (Wildman–Crippen LogP) is -0.0832. The number of rotatable bonds is 6. The molecule has 1 aromatic rings. The van der Waals surface area contributed by atoms with Gasteiger partial charge in [-0.25, -0.2) is 0 Å². The third-order valence-electron chi connectivity index (χ3n) is 3.17. The zero-order chi connectivity index (χ0) is 13.8. The van der Waals surface area contributed by atoms with Gasteiger partial charge in [0.05, 0.1) is 19.1 Å². The minimum atomic E-state index is -0.793. The Bertz CT molecular complexity index is 404. The van der Waals surface area contributed by atoms with E-state index in [0.717, 1.165) is 0 Å². The first kappa shape index (κ1) is 14.6. The zero-order valence-corrected chi connectivity index (χ0v) is 11.4. The molecule has 1 heterocycles. The van der Waals surface area contributed by atoms with Gasteiger partial charge < -0.3 is 10.5 Å². The first-order chi connectivity index (χ1) is 8.46. The first-order valence-electron chi connectivity index (χ1n) is 6.06. The first-order valence-corrected chi connectivity index (χ1v) is 6.06. The largest absolute Gasteiger partial charge is 0.466 e. The van der Waals surface area contributed by atoms with E-state index in [1.807, 2.05) is 13.8 Å². The van der Waals surface area contributed by atoms with Crippen LogP contribution in [-0.2, 0) is 23.0 Å². The van der Waals surface area contributed by atoms with Crippen LogP contribution in [0.25, 0.3) is 0 Å². The summed E-state index contributed by atoms with van der Waals surface area (Å²) >= 11 is 0. The Morgan fingerprint density at radius 1 is 1.56 bits per heavy atom. The highest BCUT2D eigenvalue weighted by Crippen LogP contribution is 2.31. The van der Waals surface area contributed by atoms with Gasteiger partial charge in [0, 0.05) is 13.0 Å². The van der Waals surface area contributed by atoms with Gasteiger partial charge in [-0.05, 0) is 18.1 Å². The second kappa shape index (κ2) is 5.90. The second-order valence-electron chi connectivity index (χ2n) is 4.61. The highest BCUT2D eigenvalue weighted by atomic mass is 16.5. The maximum absolute atomic E-state index is 12.2. The average molecular weight is 255 g/mol. The lowest BCUT2D eigenvalue weighted by Gasteiger charge is -2.32. The second-order valence-corrected chi connectivity index (χ2v) is 4.61. The molecule has 18 heavy (non-hydrogen) atoms. The summed E-state index contributed by atoms with van der Waals surface area (Å²) in [4.78, 5) is 13.5. The number of ether oxygens (including phenoxy) is 1. The quantitative estimate of drug-likeness (QED) is 0.714. The van der Waals surface area contributed by atoms with E-state index in [-0.39, 0.29) is 18.4 Å². The maximum Gasteiger partial charge on any atom is 0.314 e. The van der Waals surface area contributed by atoms with Crippen molar-refractivity contribution >= 4 is 5.97 Å². The topological polar surface area (TPSA) is 95.9 Å². The Balaban J connectivity index is 3.00. The number of tetrazole rings is 1. The molecule has 0 bridgehead atoms. The van der Waals surface area contributed by atoms with Crippen LogP contribution < -0.4 is 5.73 Å². The summed E-state index contributed by atoms with van der Waals surface area (Å²) in [5.74, 6) is 0.241. The van der Waals surface area contributed by atoms with Crippen molar-refractivity contribution in [1.29, 1.82) is 0 Å². The summed E-state index contributed by atoms with van der Waals surface area (Å²) in [6.45, 7) is 6.20. The van der Waals surface area contributed by atoms with Gasteiger partial charge in [-0.1, -0.05) is 13.8 Å². The van der Waals surface area contributed by atoms with Crippen LogP contribution in [0.3, 0.4) is 0 Å². The van der Waals surface area contributed by atoms with Crippen molar-refractivity contribution in [3.8, 4) is 0 Å². The molecule has 102 valence electrons. The molecule has 0 spiro atoms. The van der Waals surface area contributed by atoms with Crippen LogP contribution in [0.5, 0.6) is 0 Å². The average Bonchev–Trinajstić information content (AvgIpc) is 2.71. The number of aryl methyl sites for hydroxylation is 1. The molecule has 0 amide bonds. The Kier molecular flexibility index (Phi) is 4.77. The van der Waals surface area contributed by atoms with Crippen molar-refractivity contribution < 1.29 is 9.53 Å². The van der Waals surface area contributed by atoms with Gasteiger partial charge in [0.25, 0.3) is 0 Å². The van der Waals surface area contributed by atoms with E-state index in [9.17, 15) is 4.79 Å². The predicted molar refractivity (Wildman–Crippen MR) is 65.5 cm³/mol. The monoisotopic (exact) mass is 255 g/mol. The van der Waals surface area contributed by atoms with Crippen molar-refractivity contribution in [3.05, 3.63) is 5.82 Å². The van der Waals surface area contributed by atoms with Gasteiger partial charge in [0.15, 0.2) is 5.82 Å². The van der Waals surface area contributed by atoms with Crippen LogP contribution in [0.15, 0.2) is 0 Å². The fourth-order valence-corrected chi connectivity index (χ4v) is 1.85. The van der Waals surface area contributed by atoms with E-state index in [4.69, 9.17) is 10.5 Å². The van der Waals surface area contributed by atoms with Crippen molar-refractivity contribution in [2.45, 2.75) is 27.2 Å². The lowest BCUT2D eigenvalue weighted by molar-refractivity contribution is -0.157. The smallest absolute Gasteiger partial charge is 0.314 e. The van der Waals surface area contributed by atoms with Gasteiger partial charge >= 0.3 is 5.97 Å². The summed E-state index contributed by atoms with van der Waals surface area (Å²) in [5.41, 5.74) is 5.02. The molecule has 1 atom stereocenters. The highest BCUT2D eigenvalue weighted by molar-refractivity contribution is 5.77. The van der Waals surface area contributed by atoms with E-state index < -0.39 is 5.41 Å². The number of carbonyl (C=O) groups excluding carboxylic acids is 1. The minimum Gasteiger partial charge on any atom is -0.466 e. The lowest BCUT2D eigenvalue weighted by Crippen LogP contribution is -2.46. The van der Waals surface area contributed by atoms with Gasteiger partial charge in [0.2, 0.25) is 0 Å². The number of hydrogen-bond acceptors (Lipinski definition) is 6. The number of aromatic nitrogens is 4. The molecular weight excluding hydrogens is 234 g/mol. The van der Waals surface area contributed by atoms with E-state index in [1.165, 1.54) is 4.80 Å². The van der Waals surface area contributed by atoms with E-state index >= 15 is 0 Å². The van der Waals surface area contributed by atoms with E-state index in [0.29, 0.717) is 18.9 Å². The number of hydrogen-bond donors (Lipinski definition) is 1. The van der Waals surface area contributed by atoms with Crippen molar-refractivity contribution in [3.63, 3.8) is 0 Å².